The van der Waals surface area contributed by atoms with Crippen LogP contribution in [0.25, 0.3) is 0 Å². The van der Waals surface area contributed by atoms with Crippen molar-refractivity contribution in [2.75, 3.05) is 11.9 Å². The van der Waals surface area contributed by atoms with Gasteiger partial charge in [-0.15, -0.1) is 0 Å². The van der Waals surface area contributed by atoms with E-state index in [0.29, 0.717) is 22.5 Å². The van der Waals surface area contributed by atoms with Gasteiger partial charge in [-0.25, -0.2) is 9.78 Å². The minimum atomic E-state index is -0.525. The Hall–Kier alpha value is -1.29. The van der Waals surface area contributed by atoms with Crippen LogP contribution in [0.2, 0.25) is 5.15 Å². The molecule has 0 radical (unpaired) electrons. The van der Waals surface area contributed by atoms with Gasteiger partial charge in [0.2, 0.25) is 0 Å². The standard InChI is InChI=1S/C17H25ClN2O2/c1-17(2,3)22-16(21)13-9-14(18)20-15(10-13)19-11-12-7-5-4-6-8-12/h9-10,12H,4-8,11H2,1-3H3,(H,19,20). The zero-order chi connectivity index (χ0) is 16.2. The second-order valence-corrected chi connectivity index (χ2v) is 7.34. The summed E-state index contributed by atoms with van der Waals surface area (Å²) in [6.45, 7) is 6.41. The van der Waals surface area contributed by atoms with Gasteiger partial charge < -0.3 is 10.1 Å². The van der Waals surface area contributed by atoms with Crippen LogP contribution in [0.3, 0.4) is 0 Å². The number of nitrogens with zero attached hydrogens (tertiary/aromatic N) is 1. The lowest BCUT2D eigenvalue weighted by Gasteiger charge is -2.22. The van der Waals surface area contributed by atoms with E-state index in [1.54, 1.807) is 12.1 Å². The molecule has 1 heterocycles. The number of hydrogen-bond donors (Lipinski definition) is 1. The SMILES string of the molecule is CC(C)(C)OC(=O)c1cc(Cl)nc(NCC2CCCCC2)c1. The molecule has 1 aromatic heterocycles. The van der Waals surface area contributed by atoms with Crippen LogP contribution in [0, 0.1) is 5.92 Å². The first kappa shape index (κ1) is 17.1. The van der Waals surface area contributed by atoms with Crippen LogP contribution in [0.15, 0.2) is 12.1 Å². The van der Waals surface area contributed by atoms with Crippen molar-refractivity contribution in [1.82, 2.24) is 4.98 Å². The molecule has 1 fully saturated rings. The molecule has 0 unspecified atom stereocenters. The van der Waals surface area contributed by atoms with Gasteiger partial charge in [0, 0.05) is 6.54 Å². The maximum absolute atomic E-state index is 12.1. The summed E-state index contributed by atoms with van der Waals surface area (Å²) in [5.74, 6) is 0.941. The van der Waals surface area contributed by atoms with E-state index in [1.807, 2.05) is 20.8 Å². The lowest BCUT2D eigenvalue weighted by molar-refractivity contribution is 0.00694. The van der Waals surface area contributed by atoms with Gasteiger partial charge in [0.15, 0.2) is 0 Å². The predicted octanol–water partition coefficient (Wildman–Crippen LogP) is 4.68. The number of carbonyl (C=O) groups excluding carboxylic acids is 1. The molecule has 122 valence electrons. The maximum atomic E-state index is 12.1. The molecule has 22 heavy (non-hydrogen) atoms. The smallest absolute Gasteiger partial charge is 0.338 e. The van der Waals surface area contributed by atoms with E-state index in [-0.39, 0.29) is 5.97 Å². The summed E-state index contributed by atoms with van der Waals surface area (Å²) in [5.41, 5.74) is -0.0937. The molecule has 0 atom stereocenters. The first-order valence-corrected chi connectivity index (χ1v) is 8.36. The van der Waals surface area contributed by atoms with Crippen molar-refractivity contribution in [3.05, 3.63) is 22.8 Å². The number of hydrogen-bond acceptors (Lipinski definition) is 4. The van der Waals surface area contributed by atoms with Crippen molar-refractivity contribution in [3.63, 3.8) is 0 Å². The summed E-state index contributed by atoms with van der Waals surface area (Å²) >= 11 is 6.03. The zero-order valence-corrected chi connectivity index (χ0v) is 14.4. The summed E-state index contributed by atoms with van der Waals surface area (Å²) in [7, 11) is 0. The summed E-state index contributed by atoms with van der Waals surface area (Å²) in [4.78, 5) is 16.4. The molecule has 0 spiro atoms. The molecule has 0 aliphatic heterocycles. The molecule has 5 heteroatoms. The van der Waals surface area contributed by atoms with E-state index < -0.39 is 5.60 Å². The molecular weight excluding hydrogens is 300 g/mol. The number of anilines is 1. The van der Waals surface area contributed by atoms with Crippen LogP contribution in [-0.4, -0.2) is 23.1 Å². The second kappa shape index (κ2) is 7.32. The highest BCUT2D eigenvalue weighted by Gasteiger charge is 2.19. The predicted molar refractivity (Wildman–Crippen MR) is 89.5 cm³/mol. The maximum Gasteiger partial charge on any atom is 0.338 e. The first-order valence-electron chi connectivity index (χ1n) is 7.98. The fourth-order valence-electron chi connectivity index (χ4n) is 2.68. The van der Waals surface area contributed by atoms with Crippen molar-refractivity contribution in [1.29, 1.82) is 0 Å². The quantitative estimate of drug-likeness (QED) is 0.645. The van der Waals surface area contributed by atoms with Gasteiger partial charge in [0.1, 0.15) is 16.6 Å². The van der Waals surface area contributed by atoms with Gasteiger partial charge in [0.05, 0.1) is 5.56 Å². The summed E-state index contributed by atoms with van der Waals surface area (Å²) in [6, 6.07) is 3.25. The monoisotopic (exact) mass is 324 g/mol. The van der Waals surface area contributed by atoms with Crippen molar-refractivity contribution < 1.29 is 9.53 Å². The third kappa shape index (κ3) is 5.48. The van der Waals surface area contributed by atoms with Gasteiger partial charge in [-0.2, -0.15) is 0 Å². The lowest BCUT2D eigenvalue weighted by atomic mass is 9.89. The lowest BCUT2D eigenvalue weighted by Crippen LogP contribution is -2.24. The van der Waals surface area contributed by atoms with Crippen molar-refractivity contribution in [2.24, 2.45) is 5.92 Å². The molecule has 1 aromatic rings. The molecular formula is C17H25ClN2O2. The minimum Gasteiger partial charge on any atom is -0.456 e. The Labute approximate surface area is 137 Å². The van der Waals surface area contributed by atoms with Gasteiger partial charge in [-0.3, -0.25) is 0 Å². The summed E-state index contributed by atoms with van der Waals surface area (Å²) < 4.78 is 5.38. The second-order valence-electron chi connectivity index (χ2n) is 6.95. The molecule has 0 bridgehead atoms. The Kier molecular flexibility index (Phi) is 5.68. The van der Waals surface area contributed by atoms with Crippen LogP contribution in [0.5, 0.6) is 0 Å². The molecule has 1 aliphatic rings. The highest BCUT2D eigenvalue weighted by molar-refractivity contribution is 6.29. The van der Waals surface area contributed by atoms with Crippen LogP contribution >= 0.6 is 11.6 Å². The topological polar surface area (TPSA) is 51.2 Å². The van der Waals surface area contributed by atoms with Crippen LogP contribution in [0.1, 0.15) is 63.2 Å². The van der Waals surface area contributed by atoms with Crippen molar-refractivity contribution in [3.8, 4) is 0 Å². The molecule has 0 aromatic carbocycles. The number of carbonyl (C=O) groups is 1. The molecule has 0 amide bonds. The van der Waals surface area contributed by atoms with Crippen molar-refractivity contribution >= 4 is 23.4 Å². The average molecular weight is 325 g/mol. The largest absolute Gasteiger partial charge is 0.456 e. The Morgan fingerprint density at radius 1 is 1.32 bits per heavy atom. The molecule has 0 saturated heterocycles. The van der Waals surface area contributed by atoms with E-state index >= 15 is 0 Å². The third-order valence-corrected chi connectivity index (χ3v) is 3.92. The number of aromatic nitrogens is 1. The van der Waals surface area contributed by atoms with Crippen molar-refractivity contribution in [2.45, 2.75) is 58.5 Å². The van der Waals surface area contributed by atoms with Gasteiger partial charge in [-0.05, 0) is 51.7 Å². The van der Waals surface area contributed by atoms with E-state index in [2.05, 4.69) is 10.3 Å². The van der Waals surface area contributed by atoms with E-state index in [0.717, 1.165) is 6.54 Å². The van der Waals surface area contributed by atoms with E-state index in [9.17, 15) is 4.79 Å². The van der Waals surface area contributed by atoms with E-state index in [1.165, 1.54) is 32.1 Å². The first-order chi connectivity index (χ1) is 10.3. The number of ether oxygens (including phenoxy) is 1. The fourth-order valence-corrected chi connectivity index (χ4v) is 2.89. The highest BCUT2D eigenvalue weighted by atomic mass is 35.5. The number of pyridine rings is 1. The fraction of sp³-hybridized carbons (Fsp3) is 0.647. The summed E-state index contributed by atoms with van der Waals surface area (Å²) in [5, 5.41) is 3.61. The molecule has 4 nitrogen and oxygen atoms in total. The highest BCUT2D eigenvalue weighted by Crippen LogP contribution is 2.24. The number of esters is 1. The Balaban J connectivity index is 2.01. The molecule has 1 N–H and O–H groups in total. The Bertz CT molecular complexity index is 520. The molecule has 2 rings (SSSR count). The van der Waals surface area contributed by atoms with E-state index in [4.69, 9.17) is 16.3 Å². The van der Waals surface area contributed by atoms with Gasteiger partial charge in [-0.1, -0.05) is 30.9 Å². The third-order valence-electron chi connectivity index (χ3n) is 3.73. The number of nitrogens with one attached hydrogen (secondary N) is 1. The average Bonchev–Trinajstić information content (AvgIpc) is 2.44. The minimum absolute atomic E-state index is 0.300. The number of rotatable bonds is 4. The number of halogens is 1. The Morgan fingerprint density at radius 2 is 2.00 bits per heavy atom. The van der Waals surface area contributed by atoms with Crippen LogP contribution < -0.4 is 5.32 Å². The summed E-state index contributed by atoms with van der Waals surface area (Å²) in [6.07, 6.45) is 6.46. The molecule has 1 saturated carbocycles. The Morgan fingerprint density at radius 3 is 2.64 bits per heavy atom. The normalized spacial score (nSPS) is 16.4. The van der Waals surface area contributed by atoms with Gasteiger partial charge in [0.25, 0.3) is 0 Å². The van der Waals surface area contributed by atoms with Gasteiger partial charge >= 0.3 is 5.97 Å². The molecule has 1 aliphatic carbocycles. The van der Waals surface area contributed by atoms with Crippen LogP contribution in [0.4, 0.5) is 5.82 Å². The van der Waals surface area contributed by atoms with Crippen LogP contribution in [-0.2, 0) is 4.74 Å². The zero-order valence-electron chi connectivity index (χ0n) is 13.6.